The molecule has 2 aromatic carbocycles. The molecule has 3 nitrogen and oxygen atoms in total. The molecule has 1 N–H and O–H groups in total. The van der Waals surface area contributed by atoms with Gasteiger partial charge in [-0.1, -0.05) is 41.6 Å². The van der Waals surface area contributed by atoms with Gasteiger partial charge in [-0.25, -0.2) is 0 Å². The fraction of sp³-hybridized carbons (Fsp3) is 0.316. The van der Waals surface area contributed by atoms with Crippen LogP contribution >= 0.6 is 0 Å². The Hall–Kier alpha value is -2.29. The highest BCUT2D eigenvalue weighted by Gasteiger charge is 2.47. The summed E-state index contributed by atoms with van der Waals surface area (Å²) < 4.78 is 2.42. The maximum atomic E-state index is 9.58. The number of aromatic nitrogens is 1. The first kappa shape index (κ1) is 12.3. The number of hydrogen-bond acceptors (Lipinski definition) is 2. The summed E-state index contributed by atoms with van der Waals surface area (Å²) in [5.74, 6) is 1.08. The highest BCUT2D eigenvalue weighted by Crippen LogP contribution is 2.51. The van der Waals surface area contributed by atoms with Crippen molar-refractivity contribution in [2.45, 2.75) is 25.3 Å². The van der Waals surface area contributed by atoms with Crippen molar-refractivity contribution in [3.63, 3.8) is 0 Å². The molecule has 2 bridgehead atoms. The fourth-order valence-electron chi connectivity index (χ4n) is 4.79. The second kappa shape index (κ2) is 4.35. The third kappa shape index (κ3) is 1.43. The molecule has 0 radical (unpaired) electrons. The maximum absolute atomic E-state index is 9.58. The number of rotatable bonds is 1. The third-order valence-electron chi connectivity index (χ3n) is 5.65. The Kier molecular flexibility index (Phi) is 2.43. The lowest BCUT2D eigenvalue weighted by Crippen LogP contribution is -2.25. The number of hydrogen-bond donors (Lipinski definition) is 1. The van der Waals surface area contributed by atoms with Gasteiger partial charge in [-0.2, -0.15) is 0 Å². The summed E-state index contributed by atoms with van der Waals surface area (Å²) in [6.45, 7) is 0. The van der Waals surface area contributed by atoms with Crippen molar-refractivity contribution in [1.29, 1.82) is 0 Å². The first-order valence-electron chi connectivity index (χ1n) is 8.08. The van der Waals surface area contributed by atoms with Crippen molar-refractivity contribution in [2.24, 2.45) is 17.0 Å². The standard InChI is InChI=1S/C19H18N2O/c22-20-18-12-9-10-13(11-12)19(18)21-16-7-3-1-5-14(16)15-6-2-4-8-17(15)21/h1-8,12-13,19,22H,9-11H2/b20-18-. The Morgan fingerprint density at radius 3 is 2.18 bits per heavy atom. The molecule has 2 fully saturated rings. The van der Waals surface area contributed by atoms with Crippen LogP contribution in [0, 0.1) is 11.8 Å². The van der Waals surface area contributed by atoms with E-state index in [-0.39, 0.29) is 6.04 Å². The van der Waals surface area contributed by atoms with E-state index in [1.807, 2.05) is 0 Å². The van der Waals surface area contributed by atoms with Crippen LogP contribution in [-0.4, -0.2) is 15.5 Å². The summed E-state index contributed by atoms with van der Waals surface area (Å²) in [7, 11) is 0. The largest absolute Gasteiger partial charge is 0.411 e. The van der Waals surface area contributed by atoms with Crippen LogP contribution < -0.4 is 0 Å². The molecule has 22 heavy (non-hydrogen) atoms. The van der Waals surface area contributed by atoms with Crippen LogP contribution in [0.15, 0.2) is 53.7 Å². The van der Waals surface area contributed by atoms with Crippen molar-refractivity contribution in [1.82, 2.24) is 4.57 Å². The molecular weight excluding hydrogens is 272 g/mol. The van der Waals surface area contributed by atoms with Gasteiger partial charge in [0, 0.05) is 27.7 Å². The Bertz CT molecular complexity index is 855. The van der Waals surface area contributed by atoms with Gasteiger partial charge < -0.3 is 9.77 Å². The van der Waals surface area contributed by atoms with Crippen molar-refractivity contribution in [2.75, 3.05) is 0 Å². The van der Waals surface area contributed by atoms with E-state index in [1.165, 1.54) is 41.1 Å². The van der Waals surface area contributed by atoms with Crippen LogP contribution in [0.2, 0.25) is 0 Å². The predicted octanol–water partition coefficient (Wildman–Crippen LogP) is 4.60. The number of para-hydroxylation sites is 2. The lowest BCUT2D eigenvalue weighted by molar-refractivity contribution is 0.308. The lowest BCUT2D eigenvalue weighted by atomic mass is 9.93. The minimum atomic E-state index is 0.216. The van der Waals surface area contributed by atoms with Gasteiger partial charge in [0.1, 0.15) is 0 Å². The second-order valence-corrected chi connectivity index (χ2v) is 6.64. The van der Waals surface area contributed by atoms with Crippen molar-refractivity contribution < 1.29 is 5.21 Å². The average Bonchev–Trinajstić information content (AvgIpc) is 3.25. The molecule has 5 rings (SSSR count). The summed E-state index contributed by atoms with van der Waals surface area (Å²) in [5, 5.41) is 15.9. The lowest BCUT2D eigenvalue weighted by Gasteiger charge is -2.26. The van der Waals surface area contributed by atoms with E-state index < -0.39 is 0 Å². The molecule has 2 aliphatic rings. The van der Waals surface area contributed by atoms with Crippen LogP contribution in [0.1, 0.15) is 25.3 Å². The minimum Gasteiger partial charge on any atom is -0.411 e. The molecule has 3 heteroatoms. The Balaban J connectivity index is 1.87. The molecule has 2 saturated carbocycles. The van der Waals surface area contributed by atoms with Crippen molar-refractivity contribution in [3.05, 3.63) is 48.5 Å². The fourth-order valence-corrected chi connectivity index (χ4v) is 4.79. The van der Waals surface area contributed by atoms with Gasteiger partial charge in [-0.05, 0) is 37.3 Å². The topological polar surface area (TPSA) is 37.5 Å². The molecule has 0 spiro atoms. The summed E-state index contributed by atoms with van der Waals surface area (Å²) in [6, 6.07) is 17.4. The number of nitrogens with zero attached hydrogens (tertiary/aromatic N) is 2. The van der Waals surface area contributed by atoms with Gasteiger partial charge in [-0.3, -0.25) is 0 Å². The Morgan fingerprint density at radius 2 is 1.55 bits per heavy atom. The van der Waals surface area contributed by atoms with Gasteiger partial charge >= 0.3 is 0 Å². The molecule has 3 unspecified atom stereocenters. The number of fused-ring (bicyclic) bond motifs is 5. The monoisotopic (exact) mass is 290 g/mol. The van der Waals surface area contributed by atoms with E-state index >= 15 is 0 Å². The van der Waals surface area contributed by atoms with Crippen molar-refractivity contribution >= 4 is 27.5 Å². The van der Waals surface area contributed by atoms with Crippen LogP contribution in [0.3, 0.4) is 0 Å². The van der Waals surface area contributed by atoms with Crippen LogP contribution in [-0.2, 0) is 0 Å². The van der Waals surface area contributed by atoms with Gasteiger partial charge in [0.15, 0.2) is 0 Å². The molecule has 110 valence electrons. The zero-order chi connectivity index (χ0) is 14.7. The molecule has 1 aromatic heterocycles. The highest BCUT2D eigenvalue weighted by molar-refractivity contribution is 6.09. The molecule has 2 aliphatic carbocycles. The smallest absolute Gasteiger partial charge is 0.0832 e. The molecule has 0 aliphatic heterocycles. The Morgan fingerprint density at radius 1 is 0.909 bits per heavy atom. The molecule has 3 atom stereocenters. The van der Waals surface area contributed by atoms with E-state index in [4.69, 9.17) is 0 Å². The van der Waals surface area contributed by atoms with E-state index in [0.29, 0.717) is 11.8 Å². The quantitative estimate of drug-likeness (QED) is 0.516. The second-order valence-electron chi connectivity index (χ2n) is 6.64. The zero-order valence-electron chi connectivity index (χ0n) is 12.3. The van der Waals surface area contributed by atoms with E-state index in [2.05, 4.69) is 58.3 Å². The summed E-state index contributed by atoms with van der Waals surface area (Å²) in [4.78, 5) is 0. The summed E-state index contributed by atoms with van der Waals surface area (Å²) >= 11 is 0. The molecule has 1 heterocycles. The SMILES string of the molecule is O/N=C1/C2CCC(C2)C1n1c2ccccc2c2ccccc21. The van der Waals surface area contributed by atoms with Gasteiger partial charge in [-0.15, -0.1) is 0 Å². The number of benzene rings is 2. The maximum Gasteiger partial charge on any atom is 0.0832 e. The minimum absolute atomic E-state index is 0.216. The first-order chi connectivity index (χ1) is 10.9. The third-order valence-corrected chi connectivity index (χ3v) is 5.65. The Labute approximate surface area is 128 Å². The van der Waals surface area contributed by atoms with Crippen molar-refractivity contribution in [3.8, 4) is 0 Å². The van der Waals surface area contributed by atoms with Gasteiger partial charge in [0.25, 0.3) is 0 Å². The highest BCUT2D eigenvalue weighted by atomic mass is 16.4. The zero-order valence-corrected chi connectivity index (χ0v) is 12.3. The summed E-state index contributed by atoms with van der Waals surface area (Å²) in [6.07, 6.45) is 3.60. The predicted molar refractivity (Wildman–Crippen MR) is 88.5 cm³/mol. The molecule has 0 saturated heterocycles. The number of oxime groups is 1. The van der Waals surface area contributed by atoms with Gasteiger partial charge in [0.05, 0.1) is 11.8 Å². The van der Waals surface area contributed by atoms with Gasteiger partial charge in [0.2, 0.25) is 0 Å². The van der Waals surface area contributed by atoms with E-state index in [0.717, 1.165) is 5.71 Å². The average molecular weight is 290 g/mol. The van der Waals surface area contributed by atoms with Crippen LogP contribution in [0.25, 0.3) is 21.8 Å². The van der Waals surface area contributed by atoms with Crippen LogP contribution in [0.4, 0.5) is 0 Å². The van der Waals surface area contributed by atoms with Crippen LogP contribution in [0.5, 0.6) is 0 Å². The molecular formula is C19H18N2O. The normalized spacial score (nSPS) is 29.1. The molecule has 0 amide bonds. The van der Waals surface area contributed by atoms with E-state index in [9.17, 15) is 5.21 Å². The first-order valence-corrected chi connectivity index (χ1v) is 8.08. The van der Waals surface area contributed by atoms with E-state index in [1.54, 1.807) is 0 Å². The molecule has 3 aromatic rings. The summed E-state index contributed by atoms with van der Waals surface area (Å²) in [5.41, 5.74) is 3.49.